The summed E-state index contributed by atoms with van der Waals surface area (Å²) in [6.45, 7) is 6.69. The lowest BCUT2D eigenvalue weighted by Crippen LogP contribution is -2.38. The van der Waals surface area contributed by atoms with Crippen LogP contribution in [0.3, 0.4) is 0 Å². The largest absolute Gasteiger partial charge is 0.377 e. The first-order chi connectivity index (χ1) is 8.29. The van der Waals surface area contributed by atoms with Crippen LogP contribution < -0.4 is 5.32 Å². The van der Waals surface area contributed by atoms with Gasteiger partial charge in [-0.25, -0.2) is 0 Å². The second-order valence-electron chi connectivity index (χ2n) is 6.13. The first-order valence-corrected chi connectivity index (χ1v) is 7.64. The maximum Gasteiger partial charge on any atom is 0.0626 e. The lowest BCUT2D eigenvalue weighted by atomic mass is 9.89. The number of hydrogen-bond acceptors (Lipinski definition) is 2. The van der Waals surface area contributed by atoms with Gasteiger partial charge < -0.3 is 10.1 Å². The van der Waals surface area contributed by atoms with Gasteiger partial charge in [0.2, 0.25) is 0 Å². The highest BCUT2D eigenvalue weighted by atomic mass is 16.5. The van der Waals surface area contributed by atoms with Crippen LogP contribution in [0.4, 0.5) is 0 Å². The van der Waals surface area contributed by atoms with Gasteiger partial charge in [-0.05, 0) is 50.5 Å². The molecule has 0 aliphatic heterocycles. The van der Waals surface area contributed by atoms with E-state index in [4.69, 9.17) is 4.74 Å². The molecule has 0 spiro atoms. The van der Waals surface area contributed by atoms with Gasteiger partial charge in [0.05, 0.1) is 12.7 Å². The summed E-state index contributed by atoms with van der Waals surface area (Å²) in [5, 5.41) is 3.66. The lowest BCUT2D eigenvalue weighted by molar-refractivity contribution is 0.00159. The molecule has 0 aromatic carbocycles. The maximum atomic E-state index is 6.15. The zero-order valence-electron chi connectivity index (χ0n) is 11.6. The van der Waals surface area contributed by atoms with E-state index in [-0.39, 0.29) is 0 Å². The Bertz CT molecular complexity index is 215. The second kappa shape index (κ2) is 6.75. The van der Waals surface area contributed by atoms with Gasteiger partial charge in [0.25, 0.3) is 0 Å². The van der Waals surface area contributed by atoms with Gasteiger partial charge in [0.1, 0.15) is 0 Å². The van der Waals surface area contributed by atoms with Crippen molar-refractivity contribution in [2.24, 2.45) is 11.8 Å². The molecular weight excluding hydrogens is 210 g/mol. The van der Waals surface area contributed by atoms with E-state index in [1.165, 1.54) is 44.9 Å². The Labute approximate surface area is 107 Å². The molecule has 3 unspecified atom stereocenters. The highest BCUT2D eigenvalue weighted by Crippen LogP contribution is 2.33. The molecule has 3 atom stereocenters. The van der Waals surface area contributed by atoms with Gasteiger partial charge in [-0.15, -0.1) is 0 Å². The van der Waals surface area contributed by atoms with Crippen molar-refractivity contribution in [1.82, 2.24) is 5.32 Å². The molecule has 2 nitrogen and oxygen atoms in total. The summed E-state index contributed by atoms with van der Waals surface area (Å²) in [7, 11) is 0. The van der Waals surface area contributed by atoms with Crippen LogP contribution in [0.5, 0.6) is 0 Å². The minimum Gasteiger partial charge on any atom is -0.377 e. The Kier molecular flexibility index (Phi) is 5.30. The average Bonchev–Trinajstić information content (AvgIpc) is 3.13. The quantitative estimate of drug-likeness (QED) is 0.735. The van der Waals surface area contributed by atoms with Crippen molar-refractivity contribution in [3.63, 3.8) is 0 Å². The smallest absolute Gasteiger partial charge is 0.0626 e. The third kappa shape index (κ3) is 4.59. The number of ether oxygens (including phenoxy) is 1. The van der Waals surface area contributed by atoms with E-state index in [1.54, 1.807) is 0 Å². The summed E-state index contributed by atoms with van der Waals surface area (Å²) >= 11 is 0. The highest BCUT2D eigenvalue weighted by molar-refractivity contribution is 4.86. The molecule has 1 N–H and O–H groups in total. The summed E-state index contributed by atoms with van der Waals surface area (Å²) < 4.78 is 6.15. The van der Waals surface area contributed by atoms with Crippen LogP contribution in [0.1, 0.15) is 58.8 Å². The zero-order chi connectivity index (χ0) is 12.1. The van der Waals surface area contributed by atoms with Crippen LogP contribution in [0.25, 0.3) is 0 Å². The molecule has 2 aliphatic rings. The molecular formula is C15H29NO. The minimum atomic E-state index is 0.545. The van der Waals surface area contributed by atoms with Crippen molar-refractivity contribution in [2.75, 3.05) is 13.2 Å². The Balaban J connectivity index is 1.67. The first-order valence-electron chi connectivity index (χ1n) is 7.64. The van der Waals surface area contributed by atoms with Crippen LogP contribution in [-0.4, -0.2) is 25.3 Å². The molecule has 0 aromatic rings. The molecule has 2 heteroatoms. The molecule has 100 valence electrons. The molecule has 2 rings (SSSR count). The normalized spacial score (nSPS) is 31.4. The van der Waals surface area contributed by atoms with Crippen molar-refractivity contribution < 1.29 is 4.74 Å². The molecule has 0 heterocycles. The fourth-order valence-corrected chi connectivity index (χ4v) is 2.96. The number of hydrogen-bond donors (Lipinski definition) is 1. The van der Waals surface area contributed by atoms with Crippen LogP contribution in [-0.2, 0) is 4.74 Å². The summed E-state index contributed by atoms with van der Waals surface area (Å²) in [5.74, 6) is 1.78. The Morgan fingerprint density at radius 1 is 1.24 bits per heavy atom. The molecule has 0 bridgehead atoms. The molecule has 0 saturated heterocycles. The van der Waals surface area contributed by atoms with E-state index in [0.717, 1.165) is 25.0 Å². The van der Waals surface area contributed by atoms with E-state index in [2.05, 4.69) is 19.2 Å². The Hall–Kier alpha value is -0.0800. The standard InChI is InChI=1S/C15H29NO/c1-3-9-16-15(13-7-8-13)11-17-14-6-4-5-12(2)10-14/h12-16H,3-11H2,1-2H3. The fourth-order valence-electron chi connectivity index (χ4n) is 2.96. The second-order valence-corrected chi connectivity index (χ2v) is 6.13. The van der Waals surface area contributed by atoms with E-state index in [9.17, 15) is 0 Å². The molecule has 17 heavy (non-hydrogen) atoms. The van der Waals surface area contributed by atoms with Gasteiger partial charge in [0.15, 0.2) is 0 Å². The SMILES string of the molecule is CCCNC(COC1CCCC(C)C1)C1CC1. The first kappa shape index (κ1) is 13.4. The molecule has 2 aliphatic carbocycles. The van der Waals surface area contributed by atoms with Gasteiger partial charge >= 0.3 is 0 Å². The minimum absolute atomic E-state index is 0.545. The summed E-state index contributed by atoms with van der Waals surface area (Å²) in [6.07, 6.45) is 9.92. The van der Waals surface area contributed by atoms with Crippen molar-refractivity contribution in [3.05, 3.63) is 0 Å². The Morgan fingerprint density at radius 3 is 2.71 bits per heavy atom. The van der Waals surface area contributed by atoms with Crippen LogP contribution >= 0.6 is 0 Å². The van der Waals surface area contributed by atoms with E-state index >= 15 is 0 Å². The number of nitrogens with one attached hydrogen (secondary N) is 1. The predicted octanol–water partition coefficient (Wildman–Crippen LogP) is 3.36. The summed E-state index contributed by atoms with van der Waals surface area (Å²) in [6, 6.07) is 0.632. The average molecular weight is 239 g/mol. The van der Waals surface area contributed by atoms with Crippen LogP contribution in [0.2, 0.25) is 0 Å². The molecule has 2 saturated carbocycles. The molecule has 0 radical (unpaired) electrons. The van der Waals surface area contributed by atoms with E-state index < -0.39 is 0 Å². The van der Waals surface area contributed by atoms with Gasteiger partial charge in [0, 0.05) is 6.04 Å². The van der Waals surface area contributed by atoms with Crippen molar-refractivity contribution in [2.45, 2.75) is 70.9 Å². The molecule has 2 fully saturated rings. The number of rotatable bonds is 7. The Morgan fingerprint density at radius 2 is 2.06 bits per heavy atom. The van der Waals surface area contributed by atoms with Crippen LogP contribution in [0, 0.1) is 11.8 Å². The van der Waals surface area contributed by atoms with Gasteiger partial charge in [-0.1, -0.05) is 26.7 Å². The van der Waals surface area contributed by atoms with E-state index in [0.29, 0.717) is 12.1 Å². The fraction of sp³-hybridized carbons (Fsp3) is 1.00. The summed E-state index contributed by atoms with van der Waals surface area (Å²) in [5.41, 5.74) is 0. The van der Waals surface area contributed by atoms with Crippen molar-refractivity contribution in [3.8, 4) is 0 Å². The monoisotopic (exact) mass is 239 g/mol. The van der Waals surface area contributed by atoms with Crippen molar-refractivity contribution in [1.29, 1.82) is 0 Å². The van der Waals surface area contributed by atoms with E-state index in [1.807, 2.05) is 0 Å². The third-order valence-electron chi connectivity index (χ3n) is 4.25. The maximum absolute atomic E-state index is 6.15. The third-order valence-corrected chi connectivity index (χ3v) is 4.25. The van der Waals surface area contributed by atoms with Gasteiger partial charge in [-0.2, -0.15) is 0 Å². The van der Waals surface area contributed by atoms with Crippen LogP contribution in [0.15, 0.2) is 0 Å². The summed E-state index contributed by atoms with van der Waals surface area (Å²) in [4.78, 5) is 0. The van der Waals surface area contributed by atoms with Gasteiger partial charge in [-0.3, -0.25) is 0 Å². The lowest BCUT2D eigenvalue weighted by Gasteiger charge is -2.29. The van der Waals surface area contributed by atoms with Crippen molar-refractivity contribution >= 4 is 0 Å². The molecule has 0 aromatic heterocycles. The zero-order valence-corrected chi connectivity index (χ0v) is 11.6. The molecule has 0 amide bonds. The predicted molar refractivity (Wildman–Crippen MR) is 72.2 cm³/mol. The highest BCUT2D eigenvalue weighted by Gasteiger charge is 2.31. The topological polar surface area (TPSA) is 21.3 Å².